The lowest BCUT2D eigenvalue weighted by atomic mass is 9.96. The Balaban J connectivity index is 3.03. The van der Waals surface area contributed by atoms with Crippen molar-refractivity contribution in [3.05, 3.63) is 29.8 Å². The quantitative estimate of drug-likeness (QED) is 0.861. The Morgan fingerprint density at radius 1 is 1.22 bits per heavy atom. The van der Waals surface area contributed by atoms with E-state index < -0.39 is 9.84 Å². The number of benzene rings is 1. The van der Waals surface area contributed by atoms with Crippen molar-refractivity contribution in [2.75, 3.05) is 12.8 Å². The average Bonchev–Trinajstić information content (AvgIpc) is 2.27. The Kier molecular flexibility index (Phi) is 5.35. The van der Waals surface area contributed by atoms with Gasteiger partial charge in [0.15, 0.2) is 9.84 Å². The second kappa shape index (κ2) is 6.34. The Labute approximate surface area is 111 Å². The molecule has 0 saturated carbocycles. The van der Waals surface area contributed by atoms with Gasteiger partial charge in [0.05, 0.1) is 4.90 Å². The van der Waals surface area contributed by atoms with Crippen LogP contribution in [0.1, 0.15) is 26.3 Å². The molecular weight excluding hydrogens is 246 g/mol. The number of sulfone groups is 1. The first-order valence-electron chi connectivity index (χ1n) is 6.37. The molecule has 1 unspecified atom stereocenters. The monoisotopic (exact) mass is 269 g/mol. The van der Waals surface area contributed by atoms with E-state index in [9.17, 15) is 8.42 Å². The lowest BCUT2D eigenvalue weighted by Crippen LogP contribution is -2.35. The molecule has 102 valence electrons. The first-order valence-corrected chi connectivity index (χ1v) is 8.26. The van der Waals surface area contributed by atoms with Crippen molar-refractivity contribution in [2.24, 2.45) is 5.92 Å². The minimum atomic E-state index is -3.15. The molecule has 0 aliphatic carbocycles. The molecule has 0 saturated heterocycles. The second-order valence-electron chi connectivity index (χ2n) is 4.99. The number of nitrogens with one attached hydrogen (secondary N) is 1. The van der Waals surface area contributed by atoms with E-state index in [-0.39, 0.29) is 0 Å². The maximum Gasteiger partial charge on any atom is 0.175 e. The fourth-order valence-corrected chi connectivity index (χ4v) is 3.03. The molecular formula is C14H23NO2S. The van der Waals surface area contributed by atoms with Crippen LogP contribution in [0.15, 0.2) is 29.2 Å². The molecule has 0 fully saturated rings. The van der Waals surface area contributed by atoms with Gasteiger partial charge in [0, 0.05) is 12.3 Å². The van der Waals surface area contributed by atoms with Crippen molar-refractivity contribution in [3.63, 3.8) is 0 Å². The molecule has 1 aromatic carbocycles. The van der Waals surface area contributed by atoms with Crippen molar-refractivity contribution < 1.29 is 8.42 Å². The summed E-state index contributed by atoms with van der Waals surface area (Å²) < 4.78 is 23.5. The zero-order chi connectivity index (χ0) is 13.8. The molecule has 18 heavy (non-hydrogen) atoms. The van der Waals surface area contributed by atoms with E-state index >= 15 is 0 Å². The van der Waals surface area contributed by atoms with Crippen LogP contribution in [-0.4, -0.2) is 27.3 Å². The van der Waals surface area contributed by atoms with Crippen molar-refractivity contribution >= 4 is 9.84 Å². The minimum absolute atomic E-state index is 0.304. The first-order chi connectivity index (χ1) is 8.36. The summed E-state index contributed by atoms with van der Waals surface area (Å²) in [7, 11) is -3.15. The van der Waals surface area contributed by atoms with Gasteiger partial charge in [-0.3, -0.25) is 0 Å². The van der Waals surface area contributed by atoms with Crippen LogP contribution < -0.4 is 5.32 Å². The van der Waals surface area contributed by atoms with Gasteiger partial charge in [-0.05, 0) is 30.5 Å². The highest BCUT2D eigenvalue weighted by Gasteiger charge is 2.18. The maximum absolute atomic E-state index is 11.7. The highest BCUT2D eigenvalue weighted by Crippen LogP contribution is 2.19. The van der Waals surface area contributed by atoms with Crippen LogP contribution in [-0.2, 0) is 16.3 Å². The third kappa shape index (κ3) is 4.10. The van der Waals surface area contributed by atoms with Crippen LogP contribution in [0.5, 0.6) is 0 Å². The van der Waals surface area contributed by atoms with Crippen LogP contribution >= 0.6 is 0 Å². The van der Waals surface area contributed by atoms with Crippen molar-refractivity contribution in [2.45, 2.75) is 38.1 Å². The van der Waals surface area contributed by atoms with Gasteiger partial charge in [0.1, 0.15) is 0 Å². The molecule has 0 spiro atoms. The van der Waals surface area contributed by atoms with Gasteiger partial charge >= 0.3 is 0 Å². The molecule has 0 amide bonds. The highest BCUT2D eigenvalue weighted by atomic mass is 32.2. The lowest BCUT2D eigenvalue weighted by Gasteiger charge is -2.22. The molecule has 3 nitrogen and oxygen atoms in total. The molecule has 4 heteroatoms. The van der Waals surface area contributed by atoms with E-state index in [1.165, 1.54) is 6.26 Å². The molecule has 0 radical (unpaired) electrons. The largest absolute Gasteiger partial charge is 0.314 e. The molecule has 0 aromatic heterocycles. The SMILES string of the molecule is CCNC(Cc1ccccc1S(C)(=O)=O)C(C)C. The summed E-state index contributed by atoms with van der Waals surface area (Å²) in [6, 6.07) is 7.57. The van der Waals surface area contributed by atoms with E-state index in [4.69, 9.17) is 0 Å². The molecule has 1 atom stereocenters. The molecule has 0 aliphatic heterocycles. The van der Waals surface area contributed by atoms with Gasteiger partial charge in [-0.2, -0.15) is 0 Å². The van der Waals surface area contributed by atoms with E-state index in [1.807, 2.05) is 12.1 Å². The van der Waals surface area contributed by atoms with Crippen molar-refractivity contribution in [1.82, 2.24) is 5.32 Å². The normalized spacial score (nSPS) is 13.8. The minimum Gasteiger partial charge on any atom is -0.314 e. The van der Waals surface area contributed by atoms with Gasteiger partial charge < -0.3 is 5.32 Å². The van der Waals surface area contributed by atoms with Crippen LogP contribution in [0.3, 0.4) is 0 Å². The average molecular weight is 269 g/mol. The number of hydrogen-bond acceptors (Lipinski definition) is 3. The molecule has 0 heterocycles. The maximum atomic E-state index is 11.7. The van der Waals surface area contributed by atoms with Crippen molar-refractivity contribution in [1.29, 1.82) is 0 Å². The van der Waals surface area contributed by atoms with Crippen LogP contribution in [0.2, 0.25) is 0 Å². The second-order valence-corrected chi connectivity index (χ2v) is 6.98. The lowest BCUT2D eigenvalue weighted by molar-refractivity contribution is 0.403. The van der Waals surface area contributed by atoms with Crippen LogP contribution in [0, 0.1) is 5.92 Å². The van der Waals surface area contributed by atoms with Gasteiger partial charge in [0.2, 0.25) is 0 Å². The smallest absolute Gasteiger partial charge is 0.175 e. The summed E-state index contributed by atoms with van der Waals surface area (Å²) in [4.78, 5) is 0.452. The predicted molar refractivity (Wildman–Crippen MR) is 75.6 cm³/mol. The summed E-state index contributed by atoms with van der Waals surface area (Å²) in [5, 5.41) is 3.41. The van der Waals surface area contributed by atoms with Crippen LogP contribution in [0.25, 0.3) is 0 Å². The predicted octanol–water partition coefficient (Wildman–Crippen LogP) is 2.27. The summed E-state index contributed by atoms with van der Waals surface area (Å²) in [5.74, 6) is 0.470. The fraction of sp³-hybridized carbons (Fsp3) is 0.571. The standard InChI is InChI=1S/C14H23NO2S/c1-5-15-13(11(2)3)10-12-8-6-7-9-14(12)18(4,16)17/h6-9,11,13,15H,5,10H2,1-4H3. The van der Waals surface area contributed by atoms with Crippen molar-refractivity contribution in [3.8, 4) is 0 Å². The van der Waals surface area contributed by atoms with Gasteiger partial charge in [-0.1, -0.05) is 39.0 Å². The molecule has 1 N–H and O–H groups in total. The molecule has 1 rings (SSSR count). The Hall–Kier alpha value is -0.870. The molecule has 0 aliphatic rings. The number of rotatable bonds is 6. The van der Waals surface area contributed by atoms with E-state index in [0.717, 1.165) is 18.5 Å². The van der Waals surface area contributed by atoms with Gasteiger partial charge in [0.25, 0.3) is 0 Å². The summed E-state index contributed by atoms with van der Waals surface area (Å²) in [6.45, 7) is 7.26. The van der Waals surface area contributed by atoms with Gasteiger partial charge in [-0.25, -0.2) is 8.42 Å². The fourth-order valence-electron chi connectivity index (χ4n) is 2.08. The van der Waals surface area contributed by atoms with Crippen LogP contribution in [0.4, 0.5) is 0 Å². The Morgan fingerprint density at radius 2 is 1.83 bits per heavy atom. The van der Waals surface area contributed by atoms with E-state index in [0.29, 0.717) is 16.9 Å². The highest BCUT2D eigenvalue weighted by molar-refractivity contribution is 7.90. The summed E-state index contributed by atoms with van der Waals surface area (Å²) in [5.41, 5.74) is 0.902. The summed E-state index contributed by atoms with van der Waals surface area (Å²) >= 11 is 0. The van der Waals surface area contributed by atoms with Gasteiger partial charge in [-0.15, -0.1) is 0 Å². The third-order valence-corrected chi connectivity index (χ3v) is 4.28. The zero-order valence-corrected chi connectivity index (χ0v) is 12.4. The van der Waals surface area contributed by atoms with E-state index in [2.05, 4.69) is 26.1 Å². The Bertz CT molecular complexity index is 480. The van der Waals surface area contributed by atoms with E-state index in [1.54, 1.807) is 12.1 Å². The summed E-state index contributed by atoms with van der Waals surface area (Å²) in [6.07, 6.45) is 2.01. The topological polar surface area (TPSA) is 46.2 Å². The number of likely N-dealkylation sites (N-methyl/N-ethyl adjacent to an activating group) is 1. The first kappa shape index (κ1) is 15.2. The molecule has 1 aromatic rings. The Morgan fingerprint density at radius 3 is 2.33 bits per heavy atom. The zero-order valence-electron chi connectivity index (χ0n) is 11.6. The third-order valence-electron chi connectivity index (χ3n) is 3.08. The molecule has 0 bridgehead atoms. The number of hydrogen-bond donors (Lipinski definition) is 1.